The highest BCUT2D eigenvalue weighted by Gasteiger charge is 2.23. The molecule has 27 heavy (non-hydrogen) atoms. The van der Waals surface area contributed by atoms with Gasteiger partial charge in [0.15, 0.2) is 0 Å². The quantitative estimate of drug-likeness (QED) is 0.724. The monoisotopic (exact) mass is 363 g/mol. The third-order valence-electron chi connectivity index (χ3n) is 5.89. The van der Waals surface area contributed by atoms with Crippen LogP contribution in [0.4, 0.5) is 0 Å². The van der Waals surface area contributed by atoms with Crippen molar-refractivity contribution in [2.75, 3.05) is 32.7 Å². The van der Waals surface area contributed by atoms with E-state index in [2.05, 4.69) is 26.9 Å². The van der Waals surface area contributed by atoms with E-state index >= 15 is 0 Å². The van der Waals surface area contributed by atoms with Crippen LogP contribution in [0.3, 0.4) is 0 Å². The Morgan fingerprint density at radius 3 is 2.81 bits per heavy atom. The average molecular weight is 364 g/mol. The standard InChI is InChI=1S/C23H29N3O/c27-23(21-12-6-10-20-11-7-13-24-22(20)21)26(17-16-25-14-4-5-15-25)18-19-8-2-1-3-9-19/h1-2,6-7,10-13,19H,3-5,8-9,14-18H2. The SMILES string of the molecule is O=C(c1cccc2cccnc12)N(CCN1CCCC1)CC1CC=CCC1. The minimum atomic E-state index is 0.132. The van der Waals surface area contributed by atoms with Gasteiger partial charge >= 0.3 is 0 Å². The number of amides is 1. The summed E-state index contributed by atoms with van der Waals surface area (Å²) in [4.78, 5) is 22.6. The van der Waals surface area contributed by atoms with E-state index in [9.17, 15) is 4.79 Å². The number of fused-ring (bicyclic) bond motifs is 1. The van der Waals surface area contributed by atoms with Crippen LogP contribution in [0.1, 0.15) is 42.5 Å². The van der Waals surface area contributed by atoms with Gasteiger partial charge in [-0.1, -0.05) is 30.4 Å². The molecule has 4 heteroatoms. The van der Waals surface area contributed by atoms with E-state index in [4.69, 9.17) is 0 Å². The van der Waals surface area contributed by atoms with Gasteiger partial charge in [-0.3, -0.25) is 9.78 Å². The first kappa shape index (κ1) is 18.2. The lowest BCUT2D eigenvalue weighted by Crippen LogP contribution is -2.41. The summed E-state index contributed by atoms with van der Waals surface area (Å²) in [6.45, 7) is 4.98. The number of aromatic nitrogens is 1. The van der Waals surface area contributed by atoms with Crippen LogP contribution in [0.5, 0.6) is 0 Å². The summed E-state index contributed by atoms with van der Waals surface area (Å²) in [6, 6.07) is 9.88. The second kappa shape index (κ2) is 8.66. The zero-order valence-electron chi connectivity index (χ0n) is 16.0. The van der Waals surface area contributed by atoms with Gasteiger partial charge in [-0.25, -0.2) is 0 Å². The fraction of sp³-hybridized carbons (Fsp3) is 0.478. The molecule has 1 amide bonds. The molecule has 4 rings (SSSR count). The lowest BCUT2D eigenvalue weighted by atomic mass is 9.93. The van der Waals surface area contributed by atoms with E-state index in [0.717, 1.165) is 48.9 Å². The van der Waals surface area contributed by atoms with Crippen molar-refractivity contribution in [3.05, 3.63) is 54.2 Å². The smallest absolute Gasteiger partial charge is 0.256 e. The fourth-order valence-corrected chi connectivity index (χ4v) is 4.33. The van der Waals surface area contributed by atoms with Crippen LogP contribution in [0.15, 0.2) is 48.7 Å². The summed E-state index contributed by atoms with van der Waals surface area (Å²) in [6.07, 6.45) is 12.3. The van der Waals surface area contributed by atoms with Crippen molar-refractivity contribution in [1.82, 2.24) is 14.8 Å². The minimum absolute atomic E-state index is 0.132. The molecule has 1 unspecified atom stereocenters. The largest absolute Gasteiger partial charge is 0.337 e. The van der Waals surface area contributed by atoms with Gasteiger partial charge in [-0.05, 0) is 63.2 Å². The lowest BCUT2D eigenvalue weighted by molar-refractivity contribution is 0.0709. The molecule has 0 spiro atoms. The molecule has 0 N–H and O–H groups in total. The Balaban J connectivity index is 1.55. The van der Waals surface area contributed by atoms with Gasteiger partial charge in [0.1, 0.15) is 0 Å². The van der Waals surface area contributed by atoms with Gasteiger partial charge in [-0.15, -0.1) is 0 Å². The molecule has 142 valence electrons. The van der Waals surface area contributed by atoms with Crippen LogP contribution in [-0.4, -0.2) is 53.4 Å². The predicted octanol–water partition coefficient (Wildman–Crippen LogP) is 4.13. The topological polar surface area (TPSA) is 36.4 Å². The summed E-state index contributed by atoms with van der Waals surface area (Å²) in [5.74, 6) is 0.702. The van der Waals surface area contributed by atoms with Crippen molar-refractivity contribution in [2.45, 2.75) is 32.1 Å². The number of rotatable bonds is 6. The Morgan fingerprint density at radius 2 is 2.00 bits per heavy atom. The highest BCUT2D eigenvalue weighted by molar-refractivity contribution is 6.05. The molecular formula is C23H29N3O. The Bertz CT molecular complexity index is 805. The molecule has 1 saturated heterocycles. The number of allylic oxidation sites excluding steroid dienone is 2. The number of pyridine rings is 1. The molecule has 1 aliphatic carbocycles. The predicted molar refractivity (Wildman–Crippen MR) is 110 cm³/mol. The van der Waals surface area contributed by atoms with E-state index in [-0.39, 0.29) is 5.91 Å². The number of carbonyl (C=O) groups is 1. The molecule has 1 aromatic heterocycles. The Hall–Kier alpha value is -2.20. The van der Waals surface area contributed by atoms with Gasteiger partial charge in [0.05, 0.1) is 11.1 Å². The Kier molecular flexibility index (Phi) is 5.83. The number of likely N-dealkylation sites (tertiary alicyclic amines) is 1. The van der Waals surface area contributed by atoms with Crippen molar-refractivity contribution in [1.29, 1.82) is 0 Å². The molecule has 1 aromatic carbocycles. The normalized spacial score (nSPS) is 20.2. The second-order valence-electron chi connectivity index (χ2n) is 7.83. The van der Waals surface area contributed by atoms with Gasteiger partial charge in [0, 0.05) is 31.2 Å². The van der Waals surface area contributed by atoms with Crippen molar-refractivity contribution in [3.8, 4) is 0 Å². The first-order valence-electron chi connectivity index (χ1n) is 10.3. The molecule has 0 saturated carbocycles. The third kappa shape index (κ3) is 4.38. The van der Waals surface area contributed by atoms with E-state index in [1.165, 1.54) is 32.4 Å². The number of nitrogens with zero attached hydrogens (tertiary/aromatic N) is 3. The number of para-hydroxylation sites is 1. The molecule has 0 bridgehead atoms. The average Bonchev–Trinajstić information content (AvgIpc) is 3.24. The Morgan fingerprint density at radius 1 is 1.15 bits per heavy atom. The first-order valence-corrected chi connectivity index (χ1v) is 10.3. The van der Waals surface area contributed by atoms with Crippen LogP contribution in [-0.2, 0) is 0 Å². The number of hydrogen-bond acceptors (Lipinski definition) is 3. The molecule has 2 aliphatic rings. The van der Waals surface area contributed by atoms with E-state index < -0.39 is 0 Å². The molecule has 1 atom stereocenters. The van der Waals surface area contributed by atoms with E-state index in [1.807, 2.05) is 30.3 Å². The summed E-state index contributed by atoms with van der Waals surface area (Å²) in [5, 5.41) is 1.03. The molecule has 0 radical (unpaired) electrons. The maximum absolute atomic E-state index is 13.5. The maximum atomic E-state index is 13.5. The summed E-state index contributed by atoms with van der Waals surface area (Å²) in [7, 11) is 0. The van der Waals surface area contributed by atoms with Gasteiger partial charge in [0.2, 0.25) is 0 Å². The molecule has 2 aromatic rings. The van der Waals surface area contributed by atoms with Crippen LogP contribution in [0.25, 0.3) is 10.9 Å². The molecular weight excluding hydrogens is 334 g/mol. The van der Waals surface area contributed by atoms with E-state index in [1.54, 1.807) is 6.20 Å². The van der Waals surface area contributed by atoms with Crippen LogP contribution < -0.4 is 0 Å². The summed E-state index contributed by atoms with van der Waals surface area (Å²) in [5.41, 5.74) is 1.56. The van der Waals surface area contributed by atoms with Gasteiger partial charge in [0.25, 0.3) is 5.91 Å². The fourth-order valence-electron chi connectivity index (χ4n) is 4.33. The maximum Gasteiger partial charge on any atom is 0.256 e. The molecule has 4 nitrogen and oxygen atoms in total. The van der Waals surface area contributed by atoms with E-state index in [0.29, 0.717) is 5.92 Å². The lowest BCUT2D eigenvalue weighted by Gasteiger charge is -2.30. The highest BCUT2D eigenvalue weighted by Crippen LogP contribution is 2.23. The van der Waals surface area contributed by atoms with Crippen molar-refractivity contribution < 1.29 is 4.79 Å². The van der Waals surface area contributed by atoms with Crippen LogP contribution in [0.2, 0.25) is 0 Å². The Labute approximate surface area is 161 Å². The summed E-state index contributed by atoms with van der Waals surface area (Å²) < 4.78 is 0. The highest BCUT2D eigenvalue weighted by atomic mass is 16.2. The zero-order chi connectivity index (χ0) is 18.5. The number of hydrogen-bond donors (Lipinski definition) is 0. The van der Waals surface area contributed by atoms with Gasteiger partial charge < -0.3 is 9.80 Å². The first-order chi connectivity index (χ1) is 13.3. The molecule has 1 aliphatic heterocycles. The third-order valence-corrected chi connectivity index (χ3v) is 5.89. The number of benzene rings is 1. The van der Waals surface area contributed by atoms with Crippen molar-refractivity contribution in [3.63, 3.8) is 0 Å². The molecule has 2 heterocycles. The second-order valence-corrected chi connectivity index (χ2v) is 7.83. The van der Waals surface area contributed by atoms with Crippen LogP contribution >= 0.6 is 0 Å². The summed E-state index contributed by atoms with van der Waals surface area (Å²) >= 11 is 0. The van der Waals surface area contributed by atoms with Crippen LogP contribution in [0, 0.1) is 5.92 Å². The van der Waals surface area contributed by atoms with Crippen molar-refractivity contribution in [2.24, 2.45) is 5.92 Å². The molecule has 1 fully saturated rings. The minimum Gasteiger partial charge on any atom is -0.337 e. The zero-order valence-corrected chi connectivity index (χ0v) is 16.0. The van der Waals surface area contributed by atoms with Crippen molar-refractivity contribution >= 4 is 16.8 Å². The van der Waals surface area contributed by atoms with Gasteiger partial charge in [-0.2, -0.15) is 0 Å². The number of carbonyl (C=O) groups excluding carboxylic acids is 1.